The Kier molecular flexibility index (Phi) is 7.79. The van der Waals surface area contributed by atoms with Crippen molar-refractivity contribution in [2.45, 2.75) is 18.3 Å². The third-order valence-corrected chi connectivity index (χ3v) is 1.16. The Labute approximate surface area is 81.5 Å². The second kappa shape index (κ2) is 6.46. The molecule has 0 aromatic rings. The van der Waals surface area contributed by atoms with Crippen LogP contribution in [0.1, 0.15) is 0 Å². The van der Waals surface area contributed by atoms with E-state index in [0.717, 1.165) is 0 Å². The predicted molar refractivity (Wildman–Crippen MR) is 38.5 cm³/mol. The fourth-order valence-electron chi connectivity index (χ4n) is 0.465. The van der Waals surface area contributed by atoms with Crippen LogP contribution in [0.15, 0.2) is 0 Å². The first kappa shape index (κ1) is 14.5. The summed E-state index contributed by atoms with van der Waals surface area (Å²) in [6, 6.07) is 0. The number of carboxylic acid groups (broad SMARTS) is 1. The zero-order valence-electron chi connectivity index (χ0n) is 6.16. The zero-order chi connectivity index (χ0) is 9.02. The maximum atomic E-state index is 9.96. The Balaban J connectivity index is 0. The zero-order valence-corrected chi connectivity index (χ0v) is 8.58. The smallest absolute Gasteiger partial charge is 0.335 e. The number of hydrogen-bond acceptors (Lipinski definition) is 5. The third kappa shape index (κ3) is 4.09. The van der Waals surface area contributed by atoms with Gasteiger partial charge in [-0.05, 0) is 0 Å². The topological polar surface area (TPSA) is 118 Å². The average molecular weight is 236 g/mol. The summed E-state index contributed by atoms with van der Waals surface area (Å²) in [7, 11) is 0. The molecule has 5 N–H and O–H groups in total. The predicted octanol–water partition coefficient (Wildman–Crippen LogP) is -3.23. The molecule has 0 rings (SSSR count). The van der Waals surface area contributed by atoms with Crippen LogP contribution < -0.4 is 0 Å². The molecule has 12 heavy (non-hydrogen) atoms. The maximum Gasteiger partial charge on any atom is 0.335 e. The van der Waals surface area contributed by atoms with Gasteiger partial charge in [-0.25, -0.2) is 4.79 Å². The molecular formula is C5H10GaO6. The molecule has 3 atom stereocenters. The van der Waals surface area contributed by atoms with Gasteiger partial charge in [0.05, 0.1) is 6.61 Å². The monoisotopic (exact) mass is 235 g/mol. The van der Waals surface area contributed by atoms with E-state index < -0.39 is 30.9 Å². The number of aliphatic hydroxyl groups excluding tert-OH is 4. The summed E-state index contributed by atoms with van der Waals surface area (Å²) in [5.74, 6) is -1.65. The molecule has 0 aromatic heterocycles. The molecule has 7 heteroatoms. The molecule has 0 spiro atoms. The fraction of sp³-hybridized carbons (Fsp3) is 0.800. The van der Waals surface area contributed by atoms with E-state index in [1.807, 2.05) is 0 Å². The van der Waals surface area contributed by atoms with Gasteiger partial charge in [0.15, 0.2) is 6.10 Å². The number of carbonyl (C=O) groups is 1. The van der Waals surface area contributed by atoms with E-state index in [-0.39, 0.29) is 19.8 Å². The van der Waals surface area contributed by atoms with Crippen molar-refractivity contribution in [2.75, 3.05) is 6.61 Å². The van der Waals surface area contributed by atoms with Crippen LogP contribution in [-0.2, 0) is 4.79 Å². The summed E-state index contributed by atoms with van der Waals surface area (Å²) in [4.78, 5) is 9.96. The SMILES string of the molecule is O=C(O)C(O)C(O)C(O)CO.[Ga]. The molecule has 69 valence electrons. The molecule has 0 amide bonds. The second-order valence-electron chi connectivity index (χ2n) is 2.02. The number of carboxylic acids is 1. The fourth-order valence-corrected chi connectivity index (χ4v) is 0.465. The van der Waals surface area contributed by atoms with Crippen LogP contribution in [0, 0.1) is 0 Å². The summed E-state index contributed by atoms with van der Waals surface area (Å²) >= 11 is 0. The van der Waals surface area contributed by atoms with Gasteiger partial charge in [-0.2, -0.15) is 0 Å². The van der Waals surface area contributed by atoms with Crippen LogP contribution in [0.2, 0.25) is 0 Å². The molecule has 0 aliphatic carbocycles. The Morgan fingerprint density at radius 3 is 1.92 bits per heavy atom. The van der Waals surface area contributed by atoms with E-state index in [1.165, 1.54) is 0 Å². The molecule has 0 heterocycles. The van der Waals surface area contributed by atoms with Gasteiger partial charge in [0, 0.05) is 19.8 Å². The molecule has 0 fully saturated rings. The van der Waals surface area contributed by atoms with Crippen LogP contribution in [0.4, 0.5) is 0 Å². The molecule has 0 saturated carbocycles. The van der Waals surface area contributed by atoms with E-state index in [4.69, 9.17) is 25.5 Å². The van der Waals surface area contributed by atoms with Crippen molar-refractivity contribution < 1.29 is 30.3 Å². The van der Waals surface area contributed by atoms with Crippen LogP contribution in [0.25, 0.3) is 0 Å². The minimum Gasteiger partial charge on any atom is -0.479 e. The quantitative estimate of drug-likeness (QED) is 0.327. The molecular weight excluding hydrogens is 226 g/mol. The number of hydrogen-bond donors (Lipinski definition) is 5. The minimum absolute atomic E-state index is 0. The molecule has 0 aliphatic rings. The Hall–Kier alpha value is -0.0536. The van der Waals surface area contributed by atoms with E-state index >= 15 is 0 Å². The largest absolute Gasteiger partial charge is 0.479 e. The second-order valence-corrected chi connectivity index (χ2v) is 2.02. The number of aliphatic hydroxyl groups is 4. The number of rotatable bonds is 4. The van der Waals surface area contributed by atoms with Gasteiger partial charge in [0.2, 0.25) is 0 Å². The summed E-state index contributed by atoms with van der Waals surface area (Å²) < 4.78 is 0. The van der Waals surface area contributed by atoms with Crippen molar-refractivity contribution in [1.82, 2.24) is 0 Å². The van der Waals surface area contributed by atoms with E-state index in [1.54, 1.807) is 0 Å². The van der Waals surface area contributed by atoms with Crippen LogP contribution in [-0.4, -0.2) is 76.2 Å². The van der Waals surface area contributed by atoms with E-state index in [9.17, 15) is 4.79 Å². The summed E-state index contributed by atoms with van der Waals surface area (Å²) in [5, 5.41) is 42.2. The molecule has 0 aliphatic heterocycles. The summed E-state index contributed by atoms with van der Waals surface area (Å²) in [6.07, 6.45) is -5.57. The van der Waals surface area contributed by atoms with E-state index in [2.05, 4.69) is 0 Å². The van der Waals surface area contributed by atoms with Crippen molar-refractivity contribution in [3.63, 3.8) is 0 Å². The first-order valence-electron chi connectivity index (χ1n) is 2.88. The van der Waals surface area contributed by atoms with Gasteiger partial charge in [-0.15, -0.1) is 0 Å². The first-order valence-corrected chi connectivity index (χ1v) is 2.88. The van der Waals surface area contributed by atoms with Gasteiger partial charge >= 0.3 is 5.97 Å². The normalized spacial score (nSPS) is 17.3. The minimum atomic E-state index is -2.07. The van der Waals surface area contributed by atoms with Gasteiger partial charge < -0.3 is 25.5 Å². The Morgan fingerprint density at radius 1 is 1.25 bits per heavy atom. The molecule has 6 nitrogen and oxygen atoms in total. The molecule has 3 radical (unpaired) electrons. The third-order valence-electron chi connectivity index (χ3n) is 1.16. The van der Waals surface area contributed by atoms with Crippen LogP contribution in [0.5, 0.6) is 0 Å². The van der Waals surface area contributed by atoms with Crippen molar-refractivity contribution in [1.29, 1.82) is 0 Å². The Morgan fingerprint density at radius 2 is 1.67 bits per heavy atom. The van der Waals surface area contributed by atoms with Crippen molar-refractivity contribution in [3.05, 3.63) is 0 Å². The summed E-state index contributed by atoms with van der Waals surface area (Å²) in [6.45, 7) is -0.800. The molecule has 0 aromatic carbocycles. The van der Waals surface area contributed by atoms with E-state index in [0.29, 0.717) is 0 Å². The Bertz CT molecular complexity index is 140. The van der Waals surface area contributed by atoms with Gasteiger partial charge in [0.1, 0.15) is 12.2 Å². The maximum absolute atomic E-state index is 9.96. The van der Waals surface area contributed by atoms with Crippen LogP contribution in [0.3, 0.4) is 0 Å². The summed E-state index contributed by atoms with van der Waals surface area (Å²) in [5.41, 5.74) is 0. The molecule has 0 saturated heterocycles. The van der Waals surface area contributed by atoms with Crippen molar-refractivity contribution in [2.24, 2.45) is 0 Å². The molecule has 0 bridgehead atoms. The van der Waals surface area contributed by atoms with Crippen LogP contribution >= 0.6 is 0 Å². The first-order chi connectivity index (χ1) is 5.00. The van der Waals surface area contributed by atoms with Gasteiger partial charge in [-0.1, -0.05) is 0 Å². The van der Waals surface area contributed by atoms with Crippen molar-refractivity contribution in [3.8, 4) is 0 Å². The average Bonchev–Trinajstić information content (AvgIpc) is 2.00. The molecule has 3 unspecified atom stereocenters. The number of aliphatic carboxylic acids is 1. The van der Waals surface area contributed by atoms with Gasteiger partial charge in [0.25, 0.3) is 0 Å². The van der Waals surface area contributed by atoms with Gasteiger partial charge in [-0.3, -0.25) is 0 Å². The van der Waals surface area contributed by atoms with Crippen molar-refractivity contribution >= 4 is 25.8 Å². The standard InChI is InChI=1S/C5H10O6.Ga/c6-1-2(7)3(8)4(9)5(10)11;/h2-4,6-9H,1H2,(H,10,11);.